The van der Waals surface area contributed by atoms with E-state index in [2.05, 4.69) is 0 Å². The van der Waals surface area contributed by atoms with Gasteiger partial charge in [-0.1, -0.05) is 35.9 Å². The van der Waals surface area contributed by atoms with E-state index in [0.29, 0.717) is 10.7 Å². The van der Waals surface area contributed by atoms with Crippen LogP contribution >= 0.6 is 22.9 Å². The molecule has 0 N–H and O–H groups in total. The molecule has 3 rings (SSSR count). The number of carbonyl (C=O) groups excluding carboxylic acids is 1. The molecule has 0 aliphatic carbocycles. The van der Waals surface area contributed by atoms with Crippen LogP contribution in [0.4, 0.5) is 0 Å². The van der Waals surface area contributed by atoms with E-state index in [9.17, 15) is 4.79 Å². The Kier molecular flexibility index (Phi) is 3.47. The number of allylic oxidation sites excluding steroid dienone is 1. The quantitative estimate of drug-likeness (QED) is 0.503. The SMILES string of the molecule is Cn1c(Cl)c(C(=O)/C=C\c2cccs2)c2ccccc21. The average molecular weight is 302 g/mol. The van der Waals surface area contributed by atoms with Gasteiger partial charge in [0.2, 0.25) is 0 Å². The normalized spacial score (nSPS) is 11.5. The van der Waals surface area contributed by atoms with Gasteiger partial charge in [0.15, 0.2) is 5.78 Å². The third-order valence-corrected chi connectivity index (χ3v) is 4.50. The molecule has 4 heteroatoms. The molecular formula is C16H12ClNOS. The van der Waals surface area contributed by atoms with Gasteiger partial charge in [-0.2, -0.15) is 0 Å². The molecule has 0 aliphatic rings. The molecule has 0 saturated carbocycles. The molecule has 0 saturated heterocycles. The number of para-hydroxylation sites is 1. The van der Waals surface area contributed by atoms with E-state index in [1.54, 1.807) is 17.4 Å². The predicted octanol–water partition coefficient (Wildman–Crippen LogP) is 4.79. The van der Waals surface area contributed by atoms with Gasteiger partial charge in [0, 0.05) is 22.8 Å². The first-order valence-corrected chi connectivity index (χ1v) is 7.43. The standard InChI is InChI=1S/C16H12ClNOS/c1-18-13-7-3-2-6-12(13)15(16(18)17)14(19)9-8-11-5-4-10-20-11/h2-10H,1H3/b9-8-. The van der Waals surface area contributed by atoms with Crippen LogP contribution in [0.15, 0.2) is 47.9 Å². The molecule has 0 aliphatic heterocycles. The minimum Gasteiger partial charge on any atom is -0.334 e. The van der Waals surface area contributed by atoms with Gasteiger partial charge in [-0.3, -0.25) is 4.79 Å². The van der Waals surface area contributed by atoms with Crippen molar-refractivity contribution in [3.05, 3.63) is 63.4 Å². The number of carbonyl (C=O) groups is 1. The van der Waals surface area contributed by atoms with Crippen LogP contribution in [0.3, 0.4) is 0 Å². The second-order valence-corrected chi connectivity index (χ2v) is 5.79. The largest absolute Gasteiger partial charge is 0.334 e. The molecule has 0 unspecified atom stereocenters. The smallest absolute Gasteiger partial charge is 0.189 e. The lowest BCUT2D eigenvalue weighted by Crippen LogP contribution is -1.95. The van der Waals surface area contributed by atoms with Crippen molar-refractivity contribution in [3.8, 4) is 0 Å². The molecule has 2 aromatic heterocycles. The van der Waals surface area contributed by atoms with Crippen molar-refractivity contribution < 1.29 is 4.79 Å². The maximum atomic E-state index is 12.4. The molecular weight excluding hydrogens is 290 g/mol. The number of halogens is 1. The Balaban J connectivity index is 2.06. The molecule has 1 aromatic carbocycles. The zero-order valence-corrected chi connectivity index (χ0v) is 12.4. The molecule has 0 fully saturated rings. The van der Waals surface area contributed by atoms with Crippen molar-refractivity contribution in [2.24, 2.45) is 7.05 Å². The highest BCUT2D eigenvalue weighted by Gasteiger charge is 2.17. The highest BCUT2D eigenvalue weighted by molar-refractivity contribution is 7.10. The Morgan fingerprint density at radius 3 is 2.80 bits per heavy atom. The first kappa shape index (κ1) is 13.2. The van der Waals surface area contributed by atoms with Crippen LogP contribution in [-0.4, -0.2) is 10.4 Å². The summed E-state index contributed by atoms with van der Waals surface area (Å²) < 4.78 is 1.84. The van der Waals surface area contributed by atoms with E-state index in [1.165, 1.54) is 0 Å². The molecule has 100 valence electrons. The van der Waals surface area contributed by atoms with Crippen molar-refractivity contribution in [3.63, 3.8) is 0 Å². The number of thiophene rings is 1. The van der Waals surface area contributed by atoms with Crippen LogP contribution in [0.1, 0.15) is 15.2 Å². The number of fused-ring (bicyclic) bond motifs is 1. The zero-order valence-electron chi connectivity index (χ0n) is 10.8. The number of ketones is 1. The van der Waals surface area contributed by atoms with E-state index in [1.807, 2.05) is 59.5 Å². The number of benzene rings is 1. The van der Waals surface area contributed by atoms with Crippen molar-refractivity contribution in [2.75, 3.05) is 0 Å². The summed E-state index contributed by atoms with van der Waals surface area (Å²) in [5, 5.41) is 3.35. The highest BCUT2D eigenvalue weighted by Crippen LogP contribution is 2.29. The first-order valence-electron chi connectivity index (χ1n) is 6.17. The van der Waals surface area contributed by atoms with Crippen LogP contribution < -0.4 is 0 Å². The summed E-state index contributed by atoms with van der Waals surface area (Å²) in [5.41, 5.74) is 1.53. The molecule has 0 spiro atoms. The van der Waals surface area contributed by atoms with Crippen molar-refractivity contribution in [1.29, 1.82) is 0 Å². The van der Waals surface area contributed by atoms with Crippen LogP contribution in [0.2, 0.25) is 5.15 Å². The Hall–Kier alpha value is -1.84. The van der Waals surface area contributed by atoms with Crippen molar-refractivity contribution in [1.82, 2.24) is 4.57 Å². The topological polar surface area (TPSA) is 22.0 Å². The van der Waals surface area contributed by atoms with Gasteiger partial charge in [0.05, 0.1) is 5.56 Å². The van der Waals surface area contributed by atoms with E-state index >= 15 is 0 Å². The average Bonchev–Trinajstić information content (AvgIpc) is 3.05. The van der Waals surface area contributed by atoms with E-state index in [4.69, 9.17) is 11.6 Å². The Morgan fingerprint density at radius 2 is 2.05 bits per heavy atom. The summed E-state index contributed by atoms with van der Waals surface area (Å²) >= 11 is 7.90. The molecule has 2 nitrogen and oxygen atoms in total. The maximum absolute atomic E-state index is 12.4. The molecule has 0 radical (unpaired) electrons. The molecule has 2 heterocycles. The predicted molar refractivity (Wildman–Crippen MR) is 85.6 cm³/mol. The Bertz CT molecular complexity index is 799. The van der Waals surface area contributed by atoms with Gasteiger partial charge in [-0.25, -0.2) is 0 Å². The van der Waals surface area contributed by atoms with Crippen LogP contribution in [-0.2, 0) is 7.05 Å². The number of rotatable bonds is 3. The number of aryl methyl sites for hydroxylation is 1. The number of aromatic nitrogens is 1. The summed E-state index contributed by atoms with van der Waals surface area (Å²) in [6.07, 6.45) is 3.41. The zero-order chi connectivity index (χ0) is 14.1. The third-order valence-electron chi connectivity index (χ3n) is 3.22. The van der Waals surface area contributed by atoms with Crippen molar-refractivity contribution >= 4 is 45.7 Å². The summed E-state index contributed by atoms with van der Waals surface area (Å²) in [6, 6.07) is 11.7. The second kappa shape index (κ2) is 5.27. The lowest BCUT2D eigenvalue weighted by molar-refractivity contribution is 0.104. The number of hydrogen-bond acceptors (Lipinski definition) is 2. The van der Waals surface area contributed by atoms with Crippen LogP contribution in [0.25, 0.3) is 17.0 Å². The molecule has 3 aromatic rings. The summed E-state index contributed by atoms with van der Waals surface area (Å²) in [6.45, 7) is 0. The maximum Gasteiger partial charge on any atom is 0.189 e. The fourth-order valence-corrected chi connectivity index (χ4v) is 3.13. The number of nitrogens with zero attached hydrogens (tertiary/aromatic N) is 1. The van der Waals surface area contributed by atoms with Crippen LogP contribution in [0, 0.1) is 0 Å². The van der Waals surface area contributed by atoms with Crippen molar-refractivity contribution in [2.45, 2.75) is 0 Å². The van der Waals surface area contributed by atoms with E-state index in [-0.39, 0.29) is 5.78 Å². The van der Waals surface area contributed by atoms with Gasteiger partial charge < -0.3 is 4.57 Å². The lowest BCUT2D eigenvalue weighted by atomic mass is 10.1. The van der Waals surface area contributed by atoms with Crippen LogP contribution in [0.5, 0.6) is 0 Å². The van der Waals surface area contributed by atoms with Gasteiger partial charge in [0.25, 0.3) is 0 Å². The monoisotopic (exact) mass is 301 g/mol. The fourth-order valence-electron chi connectivity index (χ4n) is 2.22. The van der Waals surface area contributed by atoms with Gasteiger partial charge in [-0.15, -0.1) is 11.3 Å². The Labute approximate surface area is 125 Å². The third kappa shape index (κ3) is 2.19. The fraction of sp³-hybridized carbons (Fsp3) is 0.0625. The summed E-state index contributed by atoms with van der Waals surface area (Å²) in [4.78, 5) is 13.5. The first-order chi connectivity index (χ1) is 9.68. The van der Waals surface area contributed by atoms with E-state index in [0.717, 1.165) is 15.8 Å². The van der Waals surface area contributed by atoms with Gasteiger partial charge in [-0.05, 0) is 29.7 Å². The number of hydrogen-bond donors (Lipinski definition) is 0. The molecule has 0 bridgehead atoms. The lowest BCUT2D eigenvalue weighted by Gasteiger charge is -1.96. The van der Waals surface area contributed by atoms with Gasteiger partial charge >= 0.3 is 0 Å². The molecule has 0 amide bonds. The highest BCUT2D eigenvalue weighted by atomic mass is 35.5. The summed E-state index contributed by atoms with van der Waals surface area (Å²) in [5.74, 6) is -0.0693. The minimum absolute atomic E-state index is 0.0693. The Morgan fingerprint density at radius 1 is 1.25 bits per heavy atom. The van der Waals surface area contributed by atoms with E-state index < -0.39 is 0 Å². The molecule has 0 atom stereocenters. The second-order valence-electron chi connectivity index (χ2n) is 4.45. The minimum atomic E-state index is -0.0693. The summed E-state index contributed by atoms with van der Waals surface area (Å²) in [7, 11) is 1.87. The molecule has 20 heavy (non-hydrogen) atoms. The van der Waals surface area contributed by atoms with Gasteiger partial charge in [0.1, 0.15) is 5.15 Å².